The second kappa shape index (κ2) is 6.20. The van der Waals surface area contributed by atoms with Crippen molar-refractivity contribution in [3.8, 4) is 12.3 Å². The highest BCUT2D eigenvalue weighted by Gasteiger charge is 2.07. The number of hydrogen-bond acceptors (Lipinski definition) is 2. The Morgan fingerprint density at radius 1 is 1.31 bits per heavy atom. The number of nitrogens with one attached hydrogen (secondary N) is 1. The topological polar surface area (TPSA) is 46.2 Å². The lowest BCUT2D eigenvalue weighted by atomic mass is 10.2. The van der Waals surface area contributed by atoms with Gasteiger partial charge in [-0.3, -0.25) is 9.59 Å². The van der Waals surface area contributed by atoms with Gasteiger partial charge in [0.2, 0.25) is 5.78 Å². The van der Waals surface area contributed by atoms with E-state index < -0.39 is 11.7 Å². The predicted octanol–water partition coefficient (Wildman–Crippen LogP) is 1.02. The Kier molecular flexibility index (Phi) is 4.55. The first-order valence-electron chi connectivity index (χ1n) is 4.73. The van der Waals surface area contributed by atoms with Gasteiger partial charge >= 0.3 is 0 Å². The summed E-state index contributed by atoms with van der Waals surface area (Å²) in [5.74, 6) is 0.917. The first-order chi connectivity index (χ1) is 7.74. The van der Waals surface area contributed by atoms with Gasteiger partial charge in [0, 0.05) is 0 Å². The largest absolute Gasteiger partial charge is 0.338 e. The fraction of sp³-hybridized carbons (Fsp3) is 0.0769. The highest BCUT2D eigenvalue weighted by molar-refractivity contribution is 6.41. The van der Waals surface area contributed by atoms with Crippen LogP contribution in [-0.4, -0.2) is 18.2 Å². The number of amides is 1. The molecule has 3 nitrogen and oxygen atoms in total. The van der Waals surface area contributed by atoms with Crippen LogP contribution in [0.3, 0.4) is 0 Å². The van der Waals surface area contributed by atoms with E-state index in [0.29, 0.717) is 0 Å². The summed E-state index contributed by atoms with van der Waals surface area (Å²) >= 11 is 0. The SMILES string of the molecule is C#CCNC(=O)C(=O)/C=C/c1ccccc1. The average Bonchev–Trinajstić information content (AvgIpc) is 2.34. The summed E-state index contributed by atoms with van der Waals surface area (Å²) in [5.41, 5.74) is 0.862. The number of benzene rings is 1. The third-order valence-corrected chi connectivity index (χ3v) is 1.80. The zero-order chi connectivity index (χ0) is 11.8. The fourth-order valence-corrected chi connectivity index (χ4v) is 1.03. The zero-order valence-corrected chi connectivity index (χ0v) is 8.64. The fourth-order valence-electron chi connectivity index (χ4n) is 1.03. The number of ketones is 1. The summed E-state index contributed by atoms with van der Waals surface area (Å²) in [6.45, 7) is 0.0593. The van der Waals surface area contributed by atoms with Gasteiger partial charge in [0.25, 0.3) is 5.91 Å². The maximum Gasteiger partial charge on any atom is 0.292 e. The van der Waals surface area contributed by atoms with Gasteiger partial charge in [-0.2, -0.15) is 0 Å². The maximum atomic E-state index is 11.3. The van der Waals surface area contributed by atoms with Crippen LogP contribution in [-0.2, 0) is 9.59 Å². The van der Waals surface area contributed by atoms with E-state index in [0.717, 1.165) is 5.56 Å². The predicted molar refractivity (Wildman–Crippen MR) is 62.3 cm³/mol. The smallest absolute Gasteiger partial charge is 0.292 e. The molecule has 0 unspecified atom stereocenters. The molecule has 0 radical (unpaired) electrons. The molecular formula is C13H11NO2. The molecule has 0 bridgehead atoms. The molecule has 0 saturated heterocycles. The average molecular weight is 213 g/mol. The van der Waals surface area contributed by atoms with Crippen molar-refractivity contribution >= 4 is 17.8 Å². The Balaban J connectivity index is 2.55. The lowest BCUT2D eigenvalue weighted by Gasteiger charge is -1.95. The molecule has 0 aliphatic carbocycles. The third-order valence-electron chi connectivity index (χ3n) is 1.80. The molecule has 0 fully saturated rings. The summed E-state index contributed by atoms with van der Waals surface area (Å²) in [7, 11) is 0. The molecule has 3 heteroatoms. The Morgan fingerprint density at radius 3 is 2.62 bits per heavy atom. The summed E-state index contributed by atoms with van der Waals surface area (Å²) < 4.78 is 0. The van der Waals surface area contributed by atoms with Gasteiger partial charge in [0.1, 0.15) is 0 Å². The van der Waals surface area contributed by atoms with Crippen LogP contribution in [0.2, 0.25) is 0 Å². The van der Waals surface area contributed by atoms with Gasteiger partial charge in [-0.05, 0) is 11.6 Å². The molecule has 0 heterocycles. The summed E-state index contributed by atoms with van der Waals surface area (Å²) in [6, 6.07) is 9.25. The first-order valence-corrected chi connectivity index (χ1v) is 4.73. The number of terminal acetylenes is 1. The molecule has 1 amide bonds. The van der Waals surface area contributed by atoms with E-state index in [1.54, 1.807) is 6.08 Å². The number of rotatable bonds is 4. The molecule has 0 aliphatic rings. The van der Waals surface area contributed by atoms with Crippen LogP contribution < -0.4 is 5.32 Å². The van der Waals surface area contributed by atoms with Crippen LogP contribution in [0.5, 0.6) is 0 Å². The van der Waals surface area contributed by atoms with Crippen LogP contribution in [0, 0.1) is 12.3 Å². The van der Waals surface area contributed by atoms with Crippen molar-refractivity contribution < 1.29 is 9.59 Å². The molecule has 0 saturated carbocycles. The molecule has 16 heavy (non-hydrogen) atoms. The molecule has 1 N–H and O–H groups in total. The van der Waals surface area contributed by atoms with Crippen molar-refractivity contribution in [2.24, 2.45) is 0 Å². The Hall–Kier alpha value is -2.34. The molecular weight excluding hydrogens is 202 g/mol. The lowest BCUT2D eigenvalue weighted by molar-refractivity contribution is -0.135. The second-order valence-corrected chi connectivity index (χ2v) is 3.00. The minimum Gasteiger partial charge on any atom is -0.338 e. The van der Waals surface area contributed by atoms with Crippen molar-refractivity contribution in [2.45, 2.75) is 0 Å². The normalized spacial score (nSPS) is 9.69. The number of hydrogen-bond donors (Lipinski definition) is 1. The molecule has 1 rings (SSSR count). The van der Waals surface area contributed by atoms with Gasteiger partial charge < -0.3 is 5.32 Å². The highest BCUT2D eigenvalue weighted by atomic mass is 16.2. The van der Waals surface area contributed by atoms with E-state index in [-0.39, 0.29) is 6.54 Å². The molecule has 0 spiro atoms. The minimum absolute atomic E-state index is 0.0593. The van der Waals surface area contributed by atoms with Gasteiger partial charge in [-0.1, -0.05) is 42.3 Å². The maximum absolute atomic E-state index is 11.3. The molecule has 1 aromatic carbocycles. The van der Waals surface area contributed by atoms with E-state index >= 15 is 0 Å². The van der Waals surface area contributed by atoms with Gasteiger partial charge in [0.05, 0.1) is 6.54 Å². The van der Waals surface area contributed by atoms with Crippen LogP contribution in [0.4, 0.5) is 0 Å². The van der Waals surface area contributed by atoms with E-state index in [2.05, 4.69) is 11.2 Å². The third kappa shape index (κ3) is 3.81. The van der Waals surface area contributed by atoms with Gasteiger partial charge in [-0.15, -0.1) is 6.42 Å². The summed E-state index contributed by atoms with van der Waals surface area (Å²) in [6.07, 6.45) is 7.75. The van der Waals surface area contributed by atoms with Crippen molar-refractivity contribution in [3.63, 3.8) is 0 Å². The Morgan fingerprint density at radius 2 is 2.00 bits per heavy atom. The zero-order valence-electron chi connectivity index (χ0n) is 8.64. The van der Waals surface area contributed by atoms with Crippen molar-refractivity contribution in [3.05, 3.63) is 42.0 Å². The molecule has 0 aliphatic heterocycles. The number of carbonyl (C=O) groups excluding carboxylic acids is 2. The molecule has 0 atom stereocenters. The van der Waals surface area contributed by atoms with Crippen LogP contribution >= 0.6 is 0 Å². The van der Waals surface area contributed by atoms with Crippen LogP contribution in [0.25, 0.3) is 6.08 Å². The van der Waals surface area contributed by atoms with E-state index in [1.807, 2.05) is 30.3 Å². The lowest BCUT2D eigenvalue weighted by Crippen LogP contribution is -2.29. The van der Waals surface area contributed by atoms with E-state index in [1.165, 1.54) is 6.08 Å². The highest BCUT2D eigenvalue weighted by Crippen LogP contribution is 2.00. The van der Waals surface area contributed by atoms with Crippen LogP contribution in [0.1, 0.15) is 5.56 Å². The molecule has 0 aromatic heterocycles. The second-order valence-electron chi connectivity index (χ2n) is 3.00. The minimum atomic E-state index is -0.690. The van der Waals surface area contributed by atoms with Crippen molar-refractivity contribution in [2.75, 3.05) is 6.54 Å². The van der Waals surface area contributed by atoms with E-state index in [9.17, 15) is 9.59 Å². The quantitative estimate of drug-likeness (QED) is 0.461. The Bertz CT molecular complexity index is 441. The van der Waals surface area contributed by atoms with Gasteiger partial charge in [-0.25, -0.2) is 0 Å². The Labute approximate surface area is 94.2 Å². The standard InChI is InChI=1S/C13H11NO2/c1-2-10-14-13(16)12(15)9-8-11-6-4-3-5-7-11/h1,3-9H,10H2,(H,14,16)/b9-8+. The monoisotopic (exact) mass is 213 g/mol. The van der Waals surface area contributed by atoms with Gasteiger partial charge in [0.15, 0.2) is 0 Å². The van der Waals surface area contributed by atoms with Crippen molar-refractivity contribution in [1.29, 1.82) is 0 Å². The van der Waals surface area contributed by atoms with Crippen molar-refractivity contribution in [1.82, 2.24) is 5.32 Å². The van der Waals surface area contributed by atoms with Crippen LogP contribution in [0.15, 0.2) is 36.4 Å². The van der Waals surface area contributed by atoms with E-state index in [4.69, 9.17) is 6.42 Å². The number of carbonyl (C=O) groups is 2. The molecule has 80 valence electrons. The molecule has 1 aromatic rings. The summed E-state index contributed by atoms with van der Waals surface area (Å²) in [4.78, 5) is 22.4. The first kappa shape index (κ1) is 11.7. The summed E-state index contributed by atoms with van der Waals surface area (Å²) in [5, 5.41) is 2.29.